The van der Waals surface area contributed by atoms with Crippen molar-refractivity contribution in [3.05, 3.63) is 53.1 Å². The molecule has 0 bridgehead atoms. The molecular formula is C13H12ClFN2O. The van der Waals surface area contributed by atoms with Gasteiger partial charge < -0.3 is 10.1 Å². The molecule has 0 atom stereocenters. The van der Waals surface area contributed by atoms with E-state index in [1.807, 2.05) is 0 Å². The summed E-state index contributed by atoms with van der Waals surface area (Å²) in [5.74, 6) is 0.117. The summed E-state index contributed by atoms with van der Waals surface area (Å²) in [6.07, 6.45) is 3.07. The minimum absolute atomic E-state index is 0.0915. The Balaban J connectivity index is 2.18. The summed E-state index contributed by atoms with van der Waals surface area (Å²) in [5, 5.41) is 3.37. The molecular weight excluding hydrogens is 255 g/mol. The predicted octanol–water partition coefficient (Wildman–Crippen LogP) is 3.49. The molecule has 0 aliphatic rings. The molecule has 1 heterocycles. The highest BCUT2D eigenvalue weighted by molar-refractivity contribution is 6.31. The third-order valence-electron chi connectivity index (χ3n) is 2.49. The zero-order valence-corrected chi connectivity index (χ0v) is 10.5. The maximum Gasteiger partial charge on any atom is 0.156 e. The highest BCUT2D eigenvalue weighted by Crippen LogP contribution is 2.25. The molecule has 0 unspecified atom stereocenters. The second-order valence-electron chi connectivity index (χ2n) is 3.61. The van der Waals surface area contributed by atoms with Crippen LogP contribution in [0.4, 0.5) is 10.1 Å². The van der Waals surface area contributed by atoms with Gasteiger partial charge in [-0.15, -0.1) is 0 Å². The van der Waals surface area contributed by atoms with Gasteiger partial charge in [0.1, 0.15) is 12.4 Å². The molecule has 1 aromatic carbocycles. The fourth-order valence-corrected chi connectivity index (χ4v) is 1.72. The molecule has 0 aliphatic carbocycles. The number of nitrogens with zero attached hydrogens (tertiary/aromatic N) is 1. The summed E-state index contributed by atoms with van der Waals surface area (Å²) in [6, 6.07) is 6.44. The first-order valence-corrected chi connectivity index (χ1v) is 5.77. The second kappa shape index (κ2) is 5.69. The van der Waals surface area contributed by atoms with E-state index in [4.69, 9.17) is 16.3 Å². The van der Waals surface area contributed by atoms with Crippen molar-refractivity contribution in [2.75, 3.05) is 12.4 Å². The molecule has 0 amide bonds. The number of hydrogen-bond acceptors (Lipinski definition) is 3. The monoisotopic (exact) mass is 266 g/mol. The zero-order chi connectivity index (χ0) is 13.0. The van der Waals surface area contributed by atoms with Crippen molar-refractivity contribution in [3.8, 4) is 5.75 Å². The summed E-state index contributed by atoms with van der Waals surface area (Å²) in [5.41, 5.74) is 1.15. The van der Waals surface area contributed by atoms with Crippen molar-refractivity contribution in [3.63, 3.8) is 0 Å². The van der Waals surface area contributed by atoms with Gasteiger partial charge in [0.25, 0.3) is 0 Å². The number of hydrogen-bond donors (Lipinski definition) is 1. The van der Waals surface area contributed by atoms with Crippen LogP contribution < -0.4 is 10.1 Å². The van der Waals surface area contributed by atoms with Gasteiger partial charge in [-0.05, 0) is 18.2 Å². The number of ether oxygens (including phenoxy) is 1. The van der Waals surface area contributed by atoms with Crippen LogP contribution in [0.1, 0.15) is 5.56 Å². The summed E-state index contributed by atoms with van der Waals surface area (Å²) < 4.78 is 19.1. The van der Waals surface area contributed by atoms with Gasteiger partial charge in [0.05, 0.1) is 11.2 Å². The van der Waals surface area contributed by atoms with Crippen molar-refractivity contribution in [1.29, 1.82) is 0 Å². The minimum atomic E-state index is -0.318. The lowest BCUT2D eigenvalue weighted by molar-refractivity contribution is 0.299. The molecule has 0 spiro atoms. The Morgan fingerprint density at radius 3 is 2.94 bits per heavy atom. The molecule has 3 nitrogen and oxygen atoms in total. The van der Waals surface area contributed by atoms with Gasteiger partial charge in [0.2, 0.25) is 0 Å². The molecule has 1 N–H and O–H groups in total. The first-order chi connectivity index (χ1) is 8.72. The van der Waals surface area contributed by atoms with Gasteiger partial charge in [-0.1, -0.05) is 17.7 Å². The molecule has 0 saturated carbocycles. The van der Waals surface area contributed by atoms with Gasteiger partial charge in [0, 0.05) is 24.5 Å². The summed E-state index contributed by atoms with van der Waals surface area (Å²) in [7, 11) is 1.73. The number of rotatable bonds is 4. The van der Waals surface area contributed by atoms with E-state index in [2.05, 4.69) is 10.3 Å². The molecule has 18 heavy (non-hydrogen) atoms. The Morgan fingerprint density at radius 2 is 2.22 bits per heavy atom. The van der Waals surface area contributed by atoms with Crippen LogP contribution in [-0.2, 0) is 6.61 Å². The van der Waals surface area contributed by atoms with Crippen LogP contribution in [0.15, 0.2) is 36.7 Å². The number of halogens is 2. The van der Waals surface area contributed by atoms with Gasteiger partial charge in [0.15, 0.2) is 5.75 Å². The molecule has 2 rings (SSSR count). The second-order valence-corrected chi connectivity index (χ2v) is 4.02. The van der Waals surface area contributed by atoms with Crippen LogP contribution in [0.3, 0.4) is 0 Å². The lowest BCUT2D eigenvalue weighted by atomic mass is 10.2. The van der Waals surface area contributed by atoms with Crippen molar-refractivity contribution in [1.82, 2.24) is 4.98 Å². The molecule has 0 aliphatic heterocycles. The molecule has 5 heteroatoms. The van der Waals surface area contributed by atoms with Crippen LogP contribution >= 0.6 is 11.6 Å². The van der Waals surface area contributed by atoms with Gasteiger partial charge >= 0.3 is 0 Å². The van der Waals surface area contributed by atoms with Gasteiger partial charge in [-0.25, -0.2) is 4.39 Å². The first kappa shape index (κ1) is 12.6. The Kier molecular flexibility index (Phi) is 3.99. The van der Waals surface area contributed by atoms with Crippen LogP contribution in [0.2, 0.25) is 5.02 Å². The van der Waals surface area contributed by atoms with Gasteiger partial charge in [-0.3, -0.25) is 4.98 Å². The van der Waals surface area contributed by atoms with Crippen molar-refractivity contribution < 1.29 is 9.13 Å². The third kappa shape index (κ3) is 2.71. The summed E-state index contributed by atoms with van der Waals surface area (Å²) in [6.45, 7) is 0.0915. The van der Waals surface area contributed by atoms with Crippen LogP contribution in [-0.4, -0.2) is 12.0 Å². The fourth-order valence-electron chi connectivity index (χ4n) is 1.56. The lowest BCUT2D eigenvalue weighted by Crippen LogP contribution is -2.03. The highest BCUT2D eigenvalue weighted by Gasteiger charge is 2.09. The standard InChI is InChI=1S/C13H12ClFN2O/c1-16-12-4-2-3-11(15)9(12)8-18-13-7-17-6-5-10(13)14/h2-7,16H,8H2,1H3. The summed E-state index contributed by atoms with van der Waals surface area (Å²) in [4.78, 5) is 3.90. The topological polar surface area (TPSA) is 34.1 Å². The average molecular weight is 267 g/mol. The Morgan fingerprint density at radius 1 is 1.39 bits per heavy atom. The van der Waals surface area contributed by atoms with Crippen LogP contribution in [0.5, 0.6) is 5.75 Å². The number of anilines is 1. The van der Waals surface area contributed by atoms with E-state index in [0.717, 1.165) is 0 Å². The zero-order valence-electron chi connectivity index (χ0n) is 9.78. The number of nitrogens with one attached hydrogen (secondary N) is 1. The Labute approximate surface area is 110 Å². The Hall–Kier alpha value is -1.81. The minimum Gasteiger partial charge on any atom is -0.486 e. The van der Waals surface area contributed by atoms with Crippen LogP contribution in [0, 0.1) is 5.82 Å². The quantitative estimate of drug-likeness (QED) is 0.920. The Bertz CT molecular complexity index is 548. The van der Waals surface area contributed by atoms with Crippen molar-refractivity contribution in [2.45, 2.75) is 6.61 Å². The number of aromatic nitrogens is 1. The molecule has 0 saturated heterocycles. The highest BCUT2D eigenvalue weighted by atomic mass is 35.5. The average Bonchev–Trinajstić information content (AvgIpc) is 2.39. The molecule has 1 aromatic heterocycles. The SMILES string of the molecule is CNc1cccc(F)c1COc1cnccc1Cl. The van der Waals surface area contributed by atoms with E-state index >= 15 is 0 Å². The van der Waals surface area contributed by atoms with Crippen molar-refractivity contribution >= 4 is 17.3 Å². The first-order valence-electron chi connectivity index (χ1n) is 5.40. The number of pyridine rings is 1. The maximum atomic E-state index is 13.7. The normalized spacial score (nSPS) is 10.2. The molecule has 2 aromatic rings. The summed E-state index contributed by atoms with van der Waals surface area (Å²) >= 11 is 5.93. The largest absolute Gasteiger partial charge is 0.486 e. The van der Waals surface area contributed by atoms with E-state index in [1.165, 1.54) is 12.3 Å². The maximum absolute atomic E-state index is 13.7. The van der Waals surface area contributed by atoms with E-state index in [1.54, 1.807) is 31.4 Å². The van der Waals surface area contributed by atoms with E-state index in [9.17, 15) is 4.39 Å². The van der Waals surface area contributed by atoms with E-state index < -0.39 is 0 Å². The van der Waals surface area contributed by atoms with Gasteiger partial charge in [-0.2, -0.15) is 0 Å². The molecule has 0 fully saturated rings. The van der Waals surface area contributed by atoms with E-state index in [0.29, 0.717) is 22.0 Å². The van der Waals surface area contributed by atoms with E-state index in [-0.39, 0.29) is 12.4 Å². The van der Waals surface area contributed by atoms with Crippen molar-refractivity contribution in [2.24, 2.45) is 0 Å². The smallest absolute Gasteiger partial charge is 0.156 e. The third-order valence-corrected chi connectivity index (χ3v) is 2.81. The number of benzene rings is 1. The fraction of sp³-hybridized carbons (Fsp3) is 0.154. The lowest BCUT2D eigenvalue weighted by Gasteiger charge is -2.12. The molecule has 0 radical (unpaired) electrons. The van der Waals surface area contributed by atoms with Crippen LogP contribution in [0.25, 0.3) is 0 Å². The predicted molar refractivity (Wildman–Crippen MR) is 69.5 cm³/mol. The molecule has 94 valence electrons.